The van der Waals surface area contributed by atoms with Crippen LogP contribution in [-0.4, -0.2) is 15.8 Å². The van der Waals surface area contributed by atoms with Crippen molar-refractivity contribution in [1.29, 1.82) is 0 Å². The van der Waals surface area contributed by atoms with Crippen molar-refractivity contribution >= 4 is 22.8 Å². The average molecular weight is 276 g/mol. The van der Waals surface area contributed by atoms with Gasteiger partial charge in [0, 0.05) is 0 Å². The Labute approximate surface area is 120 Å². The van der Waals surface area contributed by atoms with Crippen LogP contribution in [0, 0.1) is 0 Å². The summed E-state index contributed by atoms with van der Waals surface area (Å²) in [5.74, 6) is -0.285. The number of hydrogen-bond donors (Lipinski definition) is 1. The molecular weight excluding hydrogens is 264 g/mol. The van der Waals surface area contributed by atoms with Gasteiger partial charge in [-0.3, -0.25) is 9.59 Å². The second-order valence-corrected chi connectivity index (χ2v) is 4.54. The minimum absolute atomic E-state index is 0.0471. The van der Waals surface area contributed by atoms with Gasteiger partial charge in [0.25, 0.3) is 5.56 Å². The van der Waals surface area contributed by atoms with Crippen LogP contribution in [0.25, 0.3) is 17.0 Å². The molecule has 0 saturated carbocycles. The van der Waals surface area contributed by atoms with Gasteiger partial charge in [-0.2, -0.15) is 0 Å². The van der Waals surface area contributed by atoms with Crippen LogP contribution < -0.4 is 5.56 Å². The lowest BCUT2D eigenvalue weighted by Gasteiger charge is -1.99. The van der Waals surface area contributed by atoms with E-state index < -0.39 is 0 Å². The number of ketones is 1. The Bertz CT molecular complexity index is 880. The lowest BCUT2D eigenvalue weighted by molar-refractivity contribution is 0.103. The van der Waals surface area contributed by atoms with Crippen LogP contribution in [0.15, 0.2) is 65.5 Å². The monoisotopic (exact) mass is 276 g/mol. The van der Waals surface area contributed by atoms with Crippen molar-refractivity contribution in [2.24, 2.45) is 0 Å². The zero-order valence-corrected chi connectivity index (χ0v) is 11.1. The third-order valence-corrected chi connectivity index (χ3v) is 3.07. The van der Waals surface area contributed by atoms with E-state index in [9.17, 15) is 9.59 Å². The number of aromatic amines is 1. The molecule has 3 aromatic rings. The van der Waals surface area contributed by atoms with Crippen molar-refractivity contribution in [1.82, 2.24) is 9.97 Å². The molecule has 4 nitrogen and oxygen atoms in total. The van der Waals surface area contributed by atoms with E-state index >= 15 is 0 Å². The number of para-hydroxylation sites is 1. The van der Waals surface area contributed by atoms with Crippen molar-refractivity contribution in [3.8, 4) is 0 Å². The van der Waals surface area contributed by atoms with Crippen LogP contribution in [0.4, 0.5) is 0 Å². The summed E-state index contributed by atoms with van der Waals surface area (Å²) in [6, 6.07) is 16.4. The summed E-state index contributed by atoms with van der Waals surface area (Å²) >= 11 is 0. The van der Waals surface area contributed by atoms with Crippen LogP contribution >= 0.6 is 0 Å². The third-order valence-electron chi connectivity index (χ3n) is 3.07. The fraction of sp³-hybridized carbons (Fsp3) is 0. The quantitative estimate of drug-likeness (QED) is 0.591. The molecule has 0 radical (unpaired) electrons. The van der Waals surface area contributed by atoms with Gasteiger partial charge in [0.1, 0.15) is 0 Å². The topological polar surface area (TPSA) is 62.8 Å². The van der Waals surface area contributed by atoms with Crippen LogP contribution in [-0.2, 0) is 0 Å². The Hall–Kier alpha value is -3.01. The van der Waals surface area contributed by atoms with E-state index in [4.69, 9.17) is 0 Å². The number of rotatable bonds is 3. The molecule has 2 aromatic carbocycles. The SMILES string of the molecule is O=C(/C=C/c1ccccc1)c1nc2ccccc2c(=O)[nH]1. The molecule has 0 aliphatic rings. The second kappa shape index (κ2) is 5.54. The first-order valence-corrected chi connectivity index (χ1v) is 6.50. The van der Waals surface area contributed by atoms with Crippen LogP contribution in [0.2, 0.25) is 0 Å². The highest BCUT2D eigenvalue weighted by Gasteiger charge is 2.08. The van der Waals surface area contributed by atoms with Gasteiger partial charge >= 0.3 is 0 Å². The number of nitrogens with one attached hydrogen (secondary N) is 1. The molecule has 0 amide bonds. The first kappa shape index (κ1) is 13.0. The van der Waals surface area contributed by atoms with Gasteiger partial charge in [0.15, 0.2) is 5.82 Å². The van der Waals surface area contributed by atoms with Gasteiger partial charge in [-0.25, -0.2) is 4.98 Å². The molecule has 0 fully saturated rings. The molecule has 0 aliphatic carbocycles. The molecule has 102 valence electrons. The summed E-state index contributed by atoms with van der Waals surface area (Å²) in [4.78, 5) is 30.7. The maximum absolute atomic E-state index is 12.1. The first-order valence-electron chi connectivity index (χ1n) is 6.50. The van der Waals surface area contributed by atoms with Gasteiger partial charge in [-0.05, 0) is 23.8 Å². The summed E-state index contributed by atoms with van der Waals surface area (Å²) in [6.07, 6.45) is 3.10. The fourth-order valence-corrected chi connectivity index (χ4v) is 2.02. The van der Waals surface area contributed by atoms with E-state index in [0.717, 1.165) is 5.56 Å². The summed E-state index contributed by atoms with van der Waals surface area (Å²) < 4.78 is 0. The van der Waals surface area contributed by atoms with Gasteiger partial charge in [0.2, 0.25) is 5.78 Å². The lowest BCUT2D eigenvalue weighted by atomic mass is 10.2. The Kier molecular flexibility index (Phi) is 3.43. The minimum atomic E-state index is -0.332. The molecule has 0 saturated heterocycles. The molecule has 3 rings (SSSR count). The van der Waals surface area contributed by atoms with Crippen LogP contribution in [0.3, 0.4) is 0 Å². The van der Waals surface area contributed by atoms with Gasteiger partial charge in [0.05, 0.1) is 10.9 Å². The molecular formula is C17H12N2O2. The second-order valence-electron chi connectivity index (χ2n) is 4.54. The van der Waals surface area contributed by atoms with Crippen molar-refractivity contribution < 1.29 is 4.79 Å². The summed E-state index contributed by atoms with van der Waals surface area (Å²) in [5, 5.41) is 0.473. The summed E-state index contributed by atoms with van der Waals surface area (Å²) in [5.41, 5.74) is 1.11. The standard InChI is InChI=1S/C17H12N2O2/c20-15(11-10-12-6-2-1-3-7-12)16-18-14-9-5-4-8-13(14)17(21)19-16/h1-11H,(H,18,19,21)/b11-10+. The van der Waals surface area contributed by atoms with Crippen LogP contribution in [0.1, 0.15) is 16.2 Å². The number of carbonyl (C=O) groups is 1. The zero-order chi connectivity index (χ0) is 14.7. The highest BCUT2D eigenvalue weighted by molar-refractivity contribution is 6.04. The van der Waals surface area contributed by atoms with E-state index in [1.165, 1.54) is 6.08 Å². The number of nitrogens with zero attached hydrogens (tertiary/aromatic N) is 1. The Morgan fingerprint density at radius 3 is 2.52 bits per heavy atom. The minimum Gasteiger partial charge on any atom is -0.303 e. The van der Waals surface area contributed by atoms with E-state index in [1.54, 1.807) is 30.3 Å². The van der Waals surface area contributed by atoms with Gasteiger partial charge in [-0.1, -0.05) is 48.5 Å². The number of fused-ring (bicyclic) bond motifs is 1. The molecule has 1 N–H and O–H groups in total. The summed E-state index contributed by atoms with van der Waals surface area (Å²) in [6.45, 7) is 0. The predicted molar refractivity (Wildman–Crippen MR) is 82.2 cm³/mol. The Morgan fingerprint density at radius 2 is 1.71 bits per heavy atom. The first-order chi connectivity index (χ1) is 10.2. The molecule has 0 spiro atoms. The largest absolute Gasteiger partial charge is 0.303 e. The third kappa shape index (κ3) is 2.79. The van der Waals surface area contributed by atoms with Gasteiger partial charge in [-0.15, -0.1) is 0 Å². The molecule has 1 heterocycles. The highest BCUT2D eigenvalue weighted by Crippen LogP contribution is 2.07. The molecule has 0 atom stereocenters. The number of H-pyrrole nitrogens is 1. The Balaban J connectivity index is 1.95. The van der Waals surface area contributed by atoms with Crippen molar-refractivity contribution in [2.45, 2.75) is 0 Å². The maximum Gasteiger partial charge on any atom is 0.259 e. The van der Waals surface area contributed by atoms with Crippen LogP contribution in [0.5, 0.6) is 0 Å². The number of benzene rings is 2. The normalized spacial score (nSPS) is 11.0. The predicted octanol–water partition coefficient (Wildman–Crippen LogP) is 2.82. The van der Waals surface area contributed by atoms with Crippen molar-refractivity contribution in [2.75, 3.05) is 0 Å². The maximum atomic E-state index is 12.1. The molecule has 4 heteroatoms. The Morgan fingerprint density at radius 1 is 1.00 bits per heavy atom. The number of carbonyl (C=O) groups excluding carboxylic acids is 1. The molecule has 0 bridgehead atoms. The summed E-state index contributed by atoms with van der Waals surface area (Å²) in [7, 11) is 0. The number of aromatic nitrogens is 2. The average Bonchev–Trinajstić information content (AvgIpc) is 2.53. The molecule has 21 heavy (non-hydrogen) atoms. The smallest absolute Gasteiger partial charge is 0.259 e. The van der Waals surface area contributed by atoms with E-state index in [0.29, 0.717) is 10.9 Å². The highest BCUT2D eigenvalue weighted by atomic mass is 16.1. The molecule has 0 unspecified atom stereocenters. The van der Waals surface area contributed by atoms with E-state index in [-0.39, 0.29) is 17.2 Å². The zero-order valence-electron chi connectivity index (χ0n) is 11.1. The lowest BCUT2D eigenvalue weighted by Crippen LogP contribution is -2.14. The van der Waals surface area contributed by atoms with E-state index in [2.05, 4.69) is 9.97 Å². The number of allylic oxidation sites excluding steroid dienone is 1. The molecule has 0 aliphatic heterocycles. The van der Waals surface area contributed by atoms with Crippen molar-refractivity contribution in [3.63, 3.8) is 0 Å². The van der Waals surface area contributed by atoms with E-state index in [1.807, 2.05) is 30.3 Å². The fourth-order valence-electron chi connectivity index (χ4n) is 2.02. The van der Waals surface area contributed by atoms with Crippen molar-refractivity contribution in [3.05, 3.63) is 82.4 Å². The number of hydrogen-bond acceptors (Lipinski definition) is 3. The van der Waals surface area contributed by atoms with Gasteiger partial charge < -0.3 is 4.98 Å². The molecule has 1 aromatic heterocycles.